The monoisotopic (exact) mass is 255 g/mol. The number of rotatable bonds is 2. The molecule has 1 aromatic carbocycles. The number of thioether (sulfide) groups is 1. The van der Waals surface area contributed by atoms with Gasteiger partial charge in [-0.3, -0.25) is 4.79 Å². The molecule has 2 nitrogen and oxygen atoms in total. The van der Waals surface area contributed by atoms with Crippen LogP contribution in [0.15, 0.2) is 23.1 Å². The number of hydrogen-bond donors (Lipinski definition) is 0. The average Bonchev–Trinajstić information content (AvgIpc) is 2.23. The second-order valence-corrected chi connectivity index (χ2v) is 5.69. The molecule has 0 saturated heterocycles. The third-order valence-corrected chi connectivity index (χ3v) is 4.34. The van der Waals surface area contributed by atoms with Crippen LogP contribution < -0.4 is 0 Å². The van der Waals surface area contributed by atoms with E-state index in [0.29, 0.717) is 5.02 Å². The van der Waals surface area contributed by atoms with Crippen LogP contribution in [-0.4, -0.2) is 37.1 Å². The zero-order valence-electron chi connectivity index (χ0n) is 9.37. The number of nitrogens with zero attached hydrogens (tertiary/aromatic N) is 1. The van der Waals surface area contributed by atoms with Crippen molar-refractivity contribution in [1.82, 2.24) is 4.90 Å². The molecule has 2 rings (SSSR count). The molecule has 1 aromatic rings. The molecule has 1 aliphatic rings. The highest BCUT2D eigenvalue weighted by atomic mass is 35.5. The molecule has 16 heavy (non-hydrogen) atoms. The second-order valence-electron chi connectivity index (χ2n) is 4.25. The van der Waals surface area contributed by atoms with E-state index in [0.717, 1.165) is 22.8 Å². The summed E-state index contributed by atoms with van der Waals surface area (Å²) < 4.78 is 0. The Bertz CT molecular complexity index is 419. The lowest BCUT2D eigenvalue weighted by molar-refractivity contribution is 0.0907. The van der Waals surface area contributed by atoms with Gasteiger partial charge in [0.1, 0.15) is 0 Å². The number of halogens is 1. The first kappa shape index (κ1) is 12.0. The summed E-state index contributed by atoms with van der Waals surface area (Å²) in [6, 6.07) is 5.56. The minimum absolute atomic E-state index is 0.0889. The summed E-state index contributed by atoms with van der Waals surface area (Å²) >= 11 is 7.77. The Morgan fingerprint density at radius 3 is 2.94 bits per heavy atom. The zero-order chi connectivity index (χ0) is 11.7. The molecule has 0 amide bonds. The molecule has 0 fully saturated rings. The molecular formula is C12H14ClNOS. The Kier molecular flexibility index (Phi) is 3.57. The quantitative estimate of drug-likeness (QED) is 0.811. The zero-order valence-corrected chi connectivity index (χ0v) is 10.9. The molecule has 0 radical (unpaired) electrons. The first-order chi connectivity index (χ1) is 7.59. The first-order valence-corrected chi connectivity index (χ1v) is 6.56. The normalized spacial score (nSPS) is 20.0. The van der Waals surface area contributed by atoms with Crippen molar-refractivity contribution >= 4 is 29.1 Å². The number of carbonyl (C=O) groups is 1. The lowest BCUT2D eigenvalue weighted by Crippen LogP contribution is -2.32. The summed E-state index contributed by atoms with van der Waals surface area (Å²) in [5.41, 5.74) is 0.788. The standard InChI is InChI=1S/C12H14ClNOS/c1-14(2)6-8-7-16-12-9(11(8)15)4-3-5-10(12)13/h3-5,8H,6-7H2,1-2H3. The molecule has 1 heterocycles. The highest BCUT2D eigenvalue weighted by molar-refractivity contribution is 7.99. The van der Waals surface area contributed by atoms with Gasteiger partial charge in [0.2, 0.25) is 0 Å². The van der Waals surface area contributed by atoms with E-state index in [9.17, 15) is 4.79 Å². The van der Waals surface area contributed by atoms with Crippen molar-refractivity contribution in [3.63, 3.8) is 0 Å². The summed E-state index contributed by atoms with van der Waals surface area (Å²) in [7, 11) is 3.98. The lowest BCUT2D eigenvalue weighted by atomic mass is 9.98. The van der Waals surface area contributed by atoms with Gasteiger partial charge in [-0.1, -0.05) is 23.7 Å². The third-order valence-electron chi connectivity index (χ3n) is 2.62. The van der Waals surface area contributed by atoms with Crippen LogP contribution in [0.5, 0.6) is 0 Å². The Labute approximate surface area is 105 Å². The minimum Gasteiger partial charge on any atom is -0.309 e. The van der Waals surface area contributed by atoms with Gasteiger partial charge in [0.05, 0.1) is 5.02 Å². The summed E-state index contributed by atoms with van der Waals surface area (Å²) in [5.74, 6) is 1.14. The van der Waals surface area contributed by atoms with Crippen LogP contribution >= 0.6 is 23.4 Å². The fourth-order valence-corrected chi connectivity index (χ4v) is 3.40. The van der Waals surface area contributed by atoms with E-state index in [1.165, 1.54) is 0 Å². The highest BCUT2D eigenvalue weighted by Crippen LogP contribution is 2.37. The molecule has 86 valence electrons. The van der Waals surface area contributed by atoms with E-state index in [1.807, 2.05) is 32.3 Å². The van der Waals surface area contributed by atoms with Gasteiger partial charge in [-0.05, 0) is 20.2 Å². The van der Waals surface area contributed by atoms with E-state index in [2.05, 4.69) is 4.90 Å². The smallest absolute Gasteiger partial charge is 0.169 e. The van der Waals surface area contributed by atoms with E-state index >= 15 is 0 Å². The van der Waals surface area contributed by atoms with Gasteiger partial charge in [0.15, 0.2) is 5.78 Å². The SMILES string of the molecule is CN(C)CC1CSc2c(Cl)cccc2C1=O. The van der Waals surface area contributed by atoms with Crippen LogP contribution in [0.1, 0.15) is 10.4 Å². The molecule has 0 saturated carbocycles. The van der Waals surface area contributed by atoms with Gasteiger partial charge in [-0.25, -0.2) is 0 Å². The van der Waals surface area contributed by atoms with E-state index in [-0.39, 0.29) is 11.7 Å². The van der Waals surface area contributed by atoms with Crippen molar-refractivity contribution in [1.29, 1.82) is 0 Å². The first-order valence-electron chi connectivity index (χ1n) is 5.20. The van der Waals surface area contributed by atoms with Gasteiger partial charge in [0, 0.05) is 28.7 Å². The molecule has 1 unspecified atom stereocenters. The number of Topliss-reactive ketones (excluding diaryl/α,β-unsaturated/α-hetero) is 1. The second kappa shape index (κ2) is 4.78. The van der Waals surface area contributed by atoms with Crippen molar-refractivity contribution in [3.8, 4) is 0 Å². The maximum absolute atomic E-state index is 12.2. The molecule has 0 aromatic heterocycles. The van der Waals surface area contributed by atoms with Crippen LogP contribution in [-0.2, 0) is 0 Å². The van der Waals surface area contributed by atoms with Crippen molar-refractivity contribution in [3.05, 3.63) is 28.8 Å². The molecule has 0 bridgehead atoms. The van der Waals surface area contributed by atoms with Crippen molar-refractivity contribution in [2.75, 3.05) is 26.4 Å². The van der Waals surface area contributed by atoms with E-state index in [1.54, 1.807) is 11.8 Å². The van der Waals surface area contributed by atoms with Crippen molar-refractivity contribution in [2.45, 2.75) is 4.90 Å². The maximum Gasteiger partial charge on any atom is 0.169 e. The van der Waals surface area contributed by atoms with E-state index in [4.69, 9.17) is 11.6 Å². The fraction of sp³-hybridized carbons (Fsp3) is 0.417. The Morgan fingerprint density at radius 1 is 1.50 bits per heavy atom. The predicted molar refractivity (Wildman–Crippen MR) is 68.6 cm³/mol. The predicted octanol–water partition coefficient (Wildman–Crippen LogP) is 2.81. The summed E-state index contributed by atoms with van der Waals surface area (Å²) in [6.45, 7) is 0.803. The van der Waals surface area contributed by atoms with Crippen LogP contribution in [0.3, 0.4) is 0 Å². The third kappa shape index (κ3) is 2.26. The Hall–Kier alpha value is -0.510. The molecule has 0 N–H and O–H groups in total. The number of carbonyl (C=O) groups excluding carboxylic acids is 1. The van der Waals surface area contributed by atoms with Crippen LogP contribution in [0.25, 0.3) is 0 Å². The summed E-state index contributed by atoms with van der Waals surface area (Å²) in [5, 5.41) is 0.694. The lowest BCUT2D eigenvalue weighted by Gasteiger charge is -2.25. The number of ketones is 1. The van der Waals surface area contributed by atoms with Crippen LogP contribution in [0.4, 0.5) is 0 Å². The van der Waals surface area contributed by atoms with Crippen LogP contribution in [0, 0.1) is 5.92 Å². The topological polar surface area (TPSA) is 20.3 Å². The van der Waals surface area contributed by atoms with Gasteiger partial charge < -0.3 is 4.90 Å². The molecule has 0 aliphatic carbocycles. The van der Waals surface area contributed by atoms with Crippen molar-refractivity contribution < 1.29 is 4.79 Å². The van der Waals surface area contributed by atoms with Gasteiger partial charge >= 0.3 is 0 Å². The largest absolute Gasteiger partial charge is 0.309 e. The fourth-order valence-electron chi connectivity index (χ4n) is 1.91. The van der Waals surface area contributed by atoms with Gasteiger partial charge in [-0.2, -0.15) is 0 Å². The summed E-state index contributed by atoms with van der Waals surface area (Å²) in [6.07, 6.45) is 0. The molecule has 0 spiro atoms. The molecule has 1 atom stereocenters. The number of hydrogen-bond acceptors (Lipinski definition) is 3. The average molecular weight is 256 g/mol. The van der Waals surface area contributed by atoms with Crippen molar-refractivity contribution in [2.24, 2.45) is 5.92 Å². The number of fused-ring (bicyclic) bond motifs is 1. The maximum atomic E-state index is 12.2. The Morgan fingerprint density at radius 2 is 2.25 bits per heavy atom. The summed E-state index contributed by atoms with van der Waals surface area (Å²) in [4.78, 5) is 15.2. The Balaban J connectivity index is 2.29. The minimum atomic E-state index is 0.0889. The highest BCUT2D eigenvalue weighted by Gasteiger charge is 2.29. The van der Waals surface area contributed by atoms with E-state index < -0.39 is 0 Å². The number of benzene rings is 1. The molecule has 1 aliphatic heterocycles. The van der Waals surface area contributed by atoms with Gasteiger partial charge in [0.25, 0.3) is 0 Å². The molecule has 4 heteroatoms. The van der Waals surface area contributed by atoms with Crippen LogP contribution in [0.2, 0.25) is 5.02 Å². The van der Waals surface area contributed by atoms with Gasteiger partial charge in [-0.15, -0.1) is 11.8 Å². The molecular weight excluding hydrogens is 242 g/mol.